The zero-order valence-corrected chi connectivity index (χ0v) is 14.2. The smallest absolute Gasteiger partial charge is 0.253 e. The lowest BCUT2D eigenvalue weighted by molar-refractivity contribution is 0.0702. The maximum Gasteiger partial charge on any atom is 0.253 e. The first-order valence-electron chi connectivity index (χ1n) is 8.53. The Balaban J connectivity index is 1.76. The fourth-order valence-electron chi connectivity index (χ4n) is 3.27. The van der Waals surface area contributed by atoms with Crippen LogP contribution in [0.4, 0.5) is 4.39 Å². The number of likely N-dealkylation sites (tertiary alicyclic amines) is 1. The Labute approximate surface area is 141 Å². The number of amides is 1. The second-order valence-corrected chi connectivity index (χ2v) is 6.44. The fraction of sp³-hybridized carbons (Fsp3) is 0.500. The third kappa shape index (κ3) is 3.32. The van der Waals surface area contributed by atoms with E-state index in [-0.39, 0.29) is 17.6 Å². The zero-order valence-electron chi connectivity index (χ0n) is 14.2. The van der Waals surface area contributed by atoms with Crippen molar-refractivity contribution in [2.75, 3.05) is 13.1 Å². The Morgan fingerprint density at radius 2 is 2.25 bits per heavy atom. The topological polar surface area (TPSA) is 51.0 Å². The molecule has 0 aliphatic carbocycles. The molecule has 1 atom stereocenters. The van der Waals surface area contributed by atoms with Crippen molar-refractivity contribution < 1.29 is 9.18 Å². The summed E-state index contributed by atoms with van der Waals surface area (Å²) in [4.78, 5) is 14.5. The van der Waals surface area contributed by atoms with Gasteiger partial charge in [0.25, 0.3) is 5.91 Å². The summed E-state index contributed by atoms with van der Waals surface area (Å²) in [6.07, 6.45) is 4.69. The van der Waals surface area contributed by atoms with Gasteiger partial charge in [-0.1, -0.05) is 13.0 Å². The molecule has 3 rings (SSSR count). The predicted octanol–water partition coefficient (Wildman–Crippen LogP) is 3.16. The van der Waals surface area contributed by atoms with E-state index in [0.29, 0.717) is 24.2 Å². The van der Waals surface area contributed by atoms with Crippen LogP contribution in [0.2, 0.25) is 0 Å². The van der Waals surface area contributed by atoms with Crippen LogP contribution in [0.1, 0.15) is 53.8 Å². The lowest BCUT2D eigenvalue weighted by Gasteiger charge is -2.32. The van der Waals surface area contributed by atoms with E-state index in [2.05, 4.69) is 21.7 Å². The van der Waals surface area contributed by atoms with Gasteiger partial charge in [-0.05, 0) is 43.9 Å². The van der Waals surface area contributed by atoms with Gasteiger partial charge in [-0.3, -0.25) is 4.79 Å². The summed E-state index contributed by atoms with van der Waals surface area (Å²) in [7, 11) is 0. The normalized spacial score (nSPS) is 18.0. The molecule has 0 N–H and O–H groups in total. The quantitative estimate of drug-likeness (QED) is 0.865. The van der Waals surface area contributed by atoms with Gasteiger partial charge in [0.2, 0.25) is 0 Å². The Morgan fingerprint density at radius 1 is 1.42 bits per heavy atom. The van der Waals surface area contributed by atoms with Crippen molar-refractivity contribution in [3.63, 3.8) is 0 Å². The van der Waals surface area contributed by atoms with Crippen LogP contribution in [0, 0.1) is 12.7 Å². The van der Waals surface area contributed by atoms with Crippen LogP contribution in [0.25, 0.3) is 0 Å². The highest BCUT2D eigenvalue weighted by atomic mass is 19.1. The minimum atomic E-state index is -0.336. The molecule has 5 nitrogen and oxygen atoms in total. The number of carbonyl (C=O) groups is 1. The number of piperidine rings is 1. The monoisotopic (exact) mass is 330 g/mol. The molecule has 128 valence electrons. The molecule has 1 aromatic heterocycles. The molecule has 0 bridgehead atoms. The van der Waals surface area contributed by atoms with Crippen molar-refractivity contribution in [2.45, 2.75) is 45.6 Å². The number of benzene rings is 1. The number of hydrogen-bond donors (Lipinski definition) is 0. The first kappa shape index (κ1) is 16.6. The van der Waals surface area contributed by atoms with Crippen molar-refractivity contribution in [2.24, 2.45) is 0 Å². The van der Waals surface area contributed by atoms with Crippen LogP contribution in [-0.4, -0.2) is 38.7 Å². The van der Waals surface area contributed by atoms with Crippen molar-refractivity contribution in [3.8, 4) is 0 Å². The molecule has 1 aromatic carbocycles. The Morgan fingerprint density at radius 3 is 3.00 bits per heavy atom. The molecule has 0 spiro atoms. The SMILES string of the molecule is CCCn1cnnc1C1CCCN(C(=O)c2ccc(C)c(F)c2)C1. The van der Waals surface area contributed by atoms with E-state index in [1.54, 1.807) is 25.4 Å². The highest BCUT2D eigenvalue weighted by molar-refractivity contribution is 5.94. The molecule has 0 saturated carbocycles. The van der Waals surface area contributed by atoms with Gasteiger partial charge in [0.1, 0.15) is 18.0 Å². The summed E-state index contributed by atoms with van der Waals surface area (Å²) >= 11 is 0. The van der Waals surface area contributed by atoms with E-state index in [1.807, 2.05) is 4.90 Å². The molecule has 1 unspecified atom stereocenters. The van der Waals surface area contributed by atoms with Crippen LogP contribution in [0.3, 0.4) is 0 Å². The minimum absolute atomic E-state index is 0.111. The molecule has 1 amide bonds. The van der Waals surface area contributed by atoms with Crippen LogP contribution in [-0.2, 0) is 6.54 Å². The van der Waals surface area contributed by atoms with Crippen LogP contribution in [0.15, 0.2) is 24.5 Å². The number of nitrogens with zero attached hydrogens (tertiary/aromatic N) is 4. The third-order valence-electron chi connectivity index (χ3n) is 4.60. The van der Waals surface area contributed by atoms with Gasteiger partial charge in [-0.2, -0.15) is 0 Å². The second-order valence-electron chi connectivity index (χ2n) is 6.44. The number of carbonyl (C=O) groups excluding carboxylic acids is 1. The summed E-state index contributed by atoms with van der Waals surface area (Å²) in [5.74, 6) is 0.689. The molecule has 2 heterocycles. The number of halogens is 1. The Hall–Kier alpha value is -2.24. The first-order valence-corrected chi connectivity index (χ1v) is 8.53. The average Bonchev–Trinajstić information content (AvgIpc) is 3.05. The van der Waals surface area contributed by atoms with Crippen LogP contribution in [0.5, 0.6) is 0 Å². The first-order chi connectivity index (χ1) is 11.6. The van der Waals surface area contributed by atoms with Gasteiger partial charge in [0.15, 0.2) is 0 Å². The molecule has 1 aliphatic rings. The zero-order chi connectivity index (χ0) is 17.1. The summed E-state index contributed by atoms with van der Waals surface area (Å²) in [6.45, 7) is 6.01. The Kier molecular flexibility index (Phi) is 4.92. The molecule has 2 aromatic rings. The molecular formula is C18H23FN4O. The number of aryl methyl sites for hydroxylation is 2. The largest absolute Gasteiger partial charge is 0.338 e. The van der Waals surface area contributed by atoms with Gasteiger partial charge in [-0.15, -0.1) is 10.2 Å². The van der Waals surface area contributed by atoms with Crippen molar-refractivity contribution in [3.05, 3.63) is 47.3 Å². The molecule has 1 fully saturated rings. The molecule has 6 heteroatoms. The average molecular weight is 330 g/mol. The van der Waals surface area contributed by atoms with Gasteiger partial charge in [0.05, 0.1) is 0 Å². The maximum atomic E-state index is 13.8. The number of hydrogen-bond acceptors (Lipinski definition) is 3. The standard InChI is InChI=1S/C18H23FN4O/c1-3-8-23-12-20-21-17(23)15-5-4-9-22(11-15)18(24)14-7-6-13(2)16(19)10-14/h6-7,10,12,15H,3-5,8-9,11H2,1-2H3. The highest BCUT2D eigenvalue weighted by Gasteiger charge is 2.28. The van der Waals surface area contributed by atoms with Gasteiger partial charge in [0, 0.05) is 31.1 Å². The van der Waals surface area contributed by atoms with E-state index >= 15 is 0 Å². The number of rotatable bonds is 4. The predicted molar refractivity (Wildman–Crippen MR) is 89.3 cm³/mol. The van der Waals surface area contributed by atoms with E-state index in [1.165, 1.54) is 6.07 Å². The van der Waals surface area contributed by atoms with Gasteiger partial charge < -0.3 is 9.47 Å². The van der Waals surface area contributed by atoms with E-state index < -0.39 is 0 Å². The van der Waals surface area contributed by atoms with Crippen molar-refractivity contribution >= 4 is 5.91 Å². The summed E-state index contributed by atoms with van der Waals surface area (Å²) < 4.78 is 15.8. The van der Waals surface area contributed by atoms with E-state index in [9.17, 15) is 9.18 Å². The molecule has 1 aliphatic heterocycles. The molecular weight excluding hydrogens is 307 g/mol. The van der Waals surface area contributed by atoms with Crippen LogP contribution < -0.4 is 0 Å². The fourth-order valence-corrected chi connectivity index (χ4v) is 3.27. The lowest BCUT2D eigenvalue weighted by Crippen LogP contribution is -2.39. The molecule has 24 heavy (non-hydrogen) atoms. The van der Waals surface area contributed by atoms with Crippen molar-refractivity contribution in [1.29, 1.82) is 0 Å². The summed E-state index contributed by atoms with van der Waals surface area (Å²) in [5, 5.41) is 8.29. The van der Waals surface area contributed by atoms with Crippen LogP contribution >= 0.6 is 0 Å². The summed E-state index contributed by atoms with van der Waals surface area (Å²) in [5.41, 5.74) is 0.963. The maximum absolute atomic E-state index is 13.8. The minimum Gasteiger partial charge on any atom is -0.338 e. The molecule has 1 saturated heterocycles. The van der Waals surface area contributed by atoms with E-state index in [0.717, 1.165) is 31.6 Å². The molecule has 0 radical (unpaired) electrons. The van der Waals surface area contributed by atoms with Gasteiger partial charge >= 0.3 is 0 Å². The number of aromatic nitrogens is 3. The van der Waals surface area contributed by atoms with Gasteiger partial charge in [-0.25, -0.2) is 4.39 Å². The second kappa shape index (κ2) is 7.11. The third-order valence-corrected chi connectivity index (χ3v) is 4.60. The highest BCUT2D eigenvalue weighted by Crippen LogP contribution is 2.26. The summed E-state index contributed by atoms with van der Waals surface area (Å²) in [6, 6.07) is 4.69. The van der Waals surface area contributed by atoms with E-state index in [4.69, 9.17) is 0 Å². The lowest BCUT2D eigenvalue weighted by atomic mass is 9.96. The van der Waals surface area contributed by atoms with Crippen molar-refractivity contribution in [1.82, 2.24) is 19.7 Å². The Bertz CT molecular complexity index is 728.